The van der Waals surface area contributed by atoms with Crippen molar-refractivity contribution in [3.8, 4) is 5.88 Å². The molecule has 0 fully saturated rings. The number of aromatic nitrogens is 4. The molecule has 0 bridgehead atoms. The van der Waals surface area contributed by atoms with E-state index in [0.29, 0.717) is 5.69 Å². The Hall–Kier alpha value is -2.16. The highest BCUT2D eigenvalue weighted by atomic mass is 32.2. The van der Waals surface area contributed by atoms with Gasteiger partial charge in [0.25, 0.3) is 10.0 Å². The zero-order valence-corrected chi connectivity index (χ0v) is 10.5. The Kier molecular flexibility index (Phi) is 3.15. The summed E-state index contributed by atoms with van der Waals surface area (Å²) >= 11 is 0. The zero-order chi connectivity index (χ0) is 13.2. The van der Waals surface area contributed by atoms with Crippen molar-refractivity contribution >= 4 is 16.0 Å². The Labute approximate surface area is 104 Å². The molecule has 2 N–H and O–H groups in total. The highest BCUT2D eigenvalue weighted by Crippen LogP contribution is 2.14. The molecule has 18 heavy (non-hydrogen) atoms. The predicted molar refractivity (Wildman–Crippen MR) is 62.7 cm³/mol. The van der Waals surface area contributed by atoms with Crippen LogP contribution in [0.4, 0.5) is 5.95 Å². The highest BCUT2D eigenvalue weighted by Gasteiger charge is 2.17. The fraction of sp³-hybridized carbons (Fsp3) is 0.222. The summed E-state index contributed by atoms with van der Waals surface area (Å²) < 4.78 is 30.9. The molecule has 0 radical (unpaired) electrons. The van der Waals surface area contributed by atoms with Crippen molar-refractivity contribution in [1.29, 1.82) is 0 Å². The second-order valence-electron chi connectivity index (χ2n) is 3.40. The molecule has 0 aliphatic heterocycles. The summed E-state index contributed by atoms with van der Waals surface area (Å²) in [6.45, 7) is 1.71. The molecule has 0 spiro atoms. The van der Waals surface area contributed by atoms with E-state index in [0.717, 1.165) is 0 Å². The molecular weight excluding hydrogens is 258 g/mol. The number of rotatable bonds is 4. The average molecular weight is 269 g/mol. The van der Waals surface area contributed by atoms with E-state index < -0.39 is 10.0 Å². The molecule has 2 rings (SSSR count). The van der Waals surface area contributed by atoms with E-state index >= 15 is 0 Å². The minimum atomic E-state index is -3.76. The fourth-order valence-electron chi connectivity index (χ4n) is 1.26. The number of ether oxygens (including phenoxy) is 1. The topological polar surface area (TPSA) is 110 Å². The Bertz CT molecular complexity index is 638. The number of methoxy groups -OCH3 is 1. The summed E-state index contributed by atoms with van der Waals surface area (Å²) in [7, 11) is -2.32. The molecule has 2 aromatic heterocycles. The van der Waals surface area contributed by atoms with Gasteiger partial charge in [-0.3, -0.25) is 0 Å². The molecular formula is C9H11N5O3S. The Morgan fingerprint density at radius 3 is 2.78 bits per heavy atom. The van der Waals surface area contributed by atoms with E-state index in [1.165, 1.54) is 19.6 Å². The van der Waals surface area contributed by atoms with Gasteiger partial charge >= 0.3 is 0 Å². The Morgan fingerprint density at radius 1 is 1.39 bits per heavy atom. The lowest BCUT2D eigenvalue weighted by molar-refractivity contribution is 0.397. The number of hydrogen-bond acceptors (Lipinski definition) is 6. The fourth-order valence-corrected chi connectivity index (χ4v) is 2.10. The quantitative estimate of drug-likeness (QED) is 0.827. The van der Waals surface area contributed by atoms with E-state index in [9.17, 15) is 8.42 Å². The van der Waals surface area contributed by atoms with Crippen molar-refractivity contribution in [2.24, 2.45) is 0 Å². The van der Waals surface area contributed by atoms with Crippen LogP contribution in [-0.2, 0) is 10.0 Å². The van der Waals surface area contributed by atoms with E-state index in [-0.39, 0.29) is 16.9 Å². The maximum Gasteiger partial charge on any atom is 0.281 e. The number of aromatic amines is 1. The van der Waals surface area contributed by atoms with Crippen LogP contribution in [0.3, 0.4) is 0 Å². The molecule has 96 valence electrons. The first-order chi connectivity index (χ1) is 8.51. The van der Waals surface area contributed by atoms with Crippen molar-refractivity contribution in [1.82, 2.24) is 19.9 Å². The number of anilines is 1. The lowest BCUT2D eigenvalue weighted by Gasteiger charge is -2.06. The van der Waals surface area contributed by atoms with Gasteiger partial charge in [-0.15, -0.1) is 0 Å². The maximum atomic E-state index is 11.9. The summed E-state index contributed by atoms with van der Waals surface area (Å²) in [5.41, 5.74) is 0.587. The lowest BCUT2D eigenvalue weighted by Crippen LogP contribution is -2.16. The SMILES string of the molecule is COc1cc(C)nc(NS(=O)(=O)c2cnc[nH]2)n1. The molecule has 0 aliphatic rings. The van der Waals surface area contributed by atoms with Crippen molar-refractivity contribution in [2.75, 3.05) is 11.8 Å². The molecule has 0 amide bonds. The monoisotopic (exact) mass is 269 g/mol. The molecule has 0 atom stereocenters. The summed E-state index contributed by atoms with van der Waals surface area (Å²) in [4.78, 5) is 14.0. The van der Waals surface area contributed by atoms with Gasteiger partial charge in [-0.05, 0) is 6.92 Å². The molecule has 8 nitrogen and oxygen atoms in total. The molecule has 9 heteroatoms. The molecule has 0 aliphatic carbocycles. The molecule has 2 aromatic rings. The largest absolute Gasteiger partial charge is 0.481 e. The zero-order valence-electron chi connectivity index (χ0n) is 9.71. The number of aryl methyl sites for hydroxylation is 1. The van der Waals surface area contributed by atoms with Crippen molar-refractivity contribution in [2.45, 2.75) is 11.9 Å². The summed E-state index contributed by atoms with van der Waals surface area (Å²) in [6, 6.07) is 1.59. The van der Waals surface area contributed by atoms with Gasteiger partial charge < -0.3 is 9.72 Å². The normalized spacial score (nSPS) is 11.2. The van der Waals surface area contributed by atoms with Gasteiger partial charge in [0.2, 0.25) is 11.8 Å². The van der Waals surface area contributed by atoms with E-state index in [1.807, 2.05) is 0 Å². The summed E-state index contributed by atoms with van der Waals surface area (Å²) in [6.07, 6.45) is 2.46. The van der Waals surface area contributed by atoms with Crippen LogP contribution < -0.4 is 9.46 Å². The third-order valence-electron chi connectivity index (χ3n) is 2.03. The van der Waals surface area contributed by atoms with Crippen molar-refractivity contribution in [3.63, 3.8) is 0 Å². The first-order valence-corrected chi connectivity index (χ1v) is 6.40. The number of imidazole rings is 1. The smallest absolute Gasteiger partial charge is 0.281 e. The second-order valence-corrected chi connectivity index (χ2v) is 5.05. The van der Waals surface area contributed by atoms with Crippen LogP contribution in [-0.4, -0.2) is 35.5 Å². The van der Waals surface area contributed by atoms with Gasteiger partial charge in [-0.1, -0.05) is 0 Å². The average Bonchev–Trinajstić information content (AvgIpc) is 2.81. The van der Waals surface area contributed by atoms with Crippen molar-refractivity contribution < 1.29 is 13.2 Å². The van der Waals surface area contributed by atoms with Crippen LogP contribution in [0.5, 0.6) is 5.88 Å². The summed E-state index contributed by atoms with van der Waals surface area (Å²) in [5, 5.41) is -0.0634. The van der Waals surface area contributed by atoms with Gasteiger partial charge in [0, 0.05) is 11.8 Å². The predicted octanol–water partition coefficient (Wildman–Crippen LogP) is 0.318. The van der Waals surface area contributed by atoms with E-state index in [2.05, 4.69) is 24.7 Å². The van der Waals surface area contributed by atoms with Gasteiger partial charge in [-0.2, -0.15) is 13.4 Å². The molecule has 2 heterocycles. The third-order valence-corrected chi connectivity index (χ3v) is 3.28. The number of nitrogens with one attached hydrogen (secondary N) is 2. The van der Waals surface area contributed by atoms with Crippen LogP contribution >= 0.6 is 0 Å². The number of hydrogen-bond donors (Lipinski definition) is 2. The molecule has 0 unspecified atom stereocenters. The molecule has 0 saturated carbocycles. The van der Waals surface area contributed by atoms with Crippen LogP contribution in [0.2, 0.25) is 0 Å². The number of sulfonamides is 1. The van der Waals surface area contributed by atoms with Gasteiger partial charge in [-0.25, -0.2) is 14.7 Å². The standard InChI is InChI=1S/C9H11N5O3S/c1-6-3-7(17-2)13-9(12-6)14-18(15,16)8-4-10-5-11-8/h3-5H,1-2H3,(H,10,11)(H,12,13,14). The van der Waals surface area contributed by atoms with Gasteiger partial charge in [0.15, 0.2) is 5.03 Å². The minimum absolute atomic E-state index is 0.0542. The lowest BCUT2D eigenvalue weighted by atomic mass is 10.4. The van der Waals surface area contributed by atoms with E-state index in [4.69, 9.17) is 4.74 Å². The van der Waals surface area contributed by atoms with Gasteiger partial charge in [0.1, 0.15) is 0 Å². The molecule has 0 saturated heterocycles. The van der Waals surface area contributed by atoms with E-state index in [1.54, 1.807) is 13.0 Å². The second kappa shape index (κ2) is 4.61. The van der Waals surface area contributed by atoms with Gasteiger partial charge in [0.05, 0.1) is 19.6 Å². The maximum absolute atomic E-state index is 11.9. The summed E-state index contributed by atoms with van der Waals surface area (Å²) in [5.74, 6) is 0.228. The first-order valence-electron chi connectivity index (χ1n) is 4.92. The minimum Gasteiger partial charge on any atom is -0.481 e. The Balaban J connectivity index is 2.32. The van der Waals surface area contributed by atoms with Crippen LogP contribution in [0.1, 0.15) is 5.69 Å². The first kappa shape index (κ1) is 12.3. The van der Waals surface area contributed by atoms with Crippen LogP contribution in [0.25, 0.3) is 0 Å². The number of H-pyrrole nitrogens is 1. The number of nitrogens with zero attached hydrogens (tertiary/aromatic N) is 3. The Morgan fingerprint density at radius 2 is 2.17 bits per heavy atom. The molecule has 0 aromatic carbocycles. The highest BCUT2D eigenvalue weighted by molar-refractivity contribution is 7.92. The third kappa shape index (κ3) is 2.56. The van der Waals surface area contributed by atoms with Crippen LogP contribution in [0, 0.1) is 6.92 Å². The van der Waals surface area contributed by atoms with Crippen molar-refractivity contribution in [3.05, 3.63) is 24.3 Å². The van der Waals surface area contributed by atoms with Crippen LogP contribution in [0.15, 0.2) is 23.6 Å².